The highest BCUT2D eigenvalue weighted by Gasteiger charge is 2.30. The summed E-state index contributed by atoms with van der Waals surface area (Å²) < 4.78 is 33.4. The van der Waals surface area contributed by atoms with E-state index < -0.39 is 16.0 Å². The molecule has 2 aromatic heterocycles. The summed E-state index contributed by atoms with van der Waals surface area (Å²) in [5.74, 6) is 0.833. The number of fused-ring (bicyclic) bond motifs is 1. The Kier molecular flexibility index (Phi) is 8.28. The van der Waals surface area contributed by atoms with Crippen molar-refractivity contribution in [2.24, 2.45) is 5.92 Å². The number of hydrogen-bond acceptors (Lipinski definition) is 8. The van der Waals surface area contributed by atoms with Gasteiger partial charge in [0.2, 0.25) is 0 Å². The summed E-state index contributed by atoms with van der Waals surface area (Å²) in [6.45, 7) is 5.47. The summed E-state index contributed by atoms with van der Waals surface area (Å²) in [6, 6.07) is 8.55. The number of anilines is 1. The van der Waals surface area contributed by atoms with Gasteiger partial charge in [0.25, 0.3) is 10.0 Å². The quantitative estimate of drug-likeness (QED) is 0.365. The molecule has 0 bridgehead atoms. The van der Waals surface area contributed by atoms with Crippen molar-refractivity contribution in [3.63, 3.8) is 0 Å². The summed E-state index contributed by atoms with van der Waals surface area (Å²) in [4.78, 5) is 30.9. The summed E-state index contributed by atoms with van der Waals surface area (Å²) in [7, 11) is -1.94. The SMILES string of the molecule is CCOC(=O)c1cnc2c(ccn2S(=O)(=O)c2ccc(C)cc2)c1N(C)[C@H]1CC[C@H](CSC(C)=O)CC1. The van der Waals surface area contributed by atoms with E-state index in [9.17, 15) is 18.0 Å². The molecule has 0 aliphatic heterocycles. The van der Waals surface area contributed by atoms with E-state index in [1.54, 1.807) is 44.2 Å². The van der Waals surface area contributed by atoms with Gasteiger partial charge in [0.1, 0.15) is 5.56 Å². The third-order valence-corrected chi connectivity index (χ3v) is 9.69. The van der Waals surface area contributed by atoms with Crippen LogP contribution < -0.4 is 4.90 Å². The van der Waals surface area contributed by atoms with E-state index in [2.05, 4.69) is 9.88 Å². The Morgan fingerprint density at radius 1 is 1.14 bits per heavy atom. The Morgan fingerprint density at radius 2 is 1.81 bits per heavy atom. The summed E-state index contributed by atoms with van der Waals surface area (Å²) in [5, 5.41) is 0.723. The van der Waals surface area contributed by atoms with Crippen LogP contribution in [-0.4, -0.2) is 53.9 Å². The molecule has 198 valence electrons. The van der Waals surface area contributed by atoms with E-state index >= 15 is 0 Å². The monoisotopic (exact) mass is 543 g/mol. The minimum atomic E-state index is -3.88. The van der Waals surface area contributed by atoms with E-state index in [1.807, 2.05) is 14.0 Å². The summed E-state index contributed by atoms with van der Waals surface area (Å²) >= 11 is 1.38. The Labute approximate surface area is 222 Å². The van der Waals surface area contributed by atoms with Gasteiger partial charge in [0.15, 0.2) is 10.8 Å². The fourth-order valence-corrected chi connectivity index (χ4v) is 7.03. The molecule has 1 saturated carbocycles. The van der Waals surface area contributed by atoms with Gasteiger partial charge in [-0.05, 0) is 63.6 Å². The molecule has 1 aliphatic carbocycles. The highest BCUT2D eigenvalue weighted by molar-refractivity contribution is 8.13. The predicted octanol–water partition coefficient (Wildman–Crippen LogP) is 5.03. The Balaban J connectivity index is 1.72. The number of esters is 1. The van der Waals surface area contributed by atoms with Crippen molar-refractivity contribution in [2.45, 2.75) is 57.4 Å². The average molecular weight is 544 g/mol. The molecule has 0 N–H and O–H groups in total. The molecule has 0 atom stereocenters. The summed E-state index contributed by atoms with van der Waals surface area (Å²) in [6.07, 6.45) is 6.71. The van der Waals surface area contributed by atoms with Gasteiger partial charge in [-0.1, -0.05) is 29.5 Å². The largest absolute Gasteiger partial charge is 0.462 e. The first-order chi connectivity index (χ1) is 17.6. The van der Waals surface area contributed by atoms with Crippen LogP contribution in [0.1, 0.15) is 55.5 Å². The molecule has 37 heavy (non-hydrogen) atoms. The van der Waals surface area contributed by atoms with Crippen molar-refractivity contribution in [1.82, 2.24) is 8.96 Å². The number of thioether (sulfide) groups is 1. The molecule has 8 nitrogen and oxygen atoms in total. The maximum atomic E-state index is 13.5. The fourth-order valence-electron chi connectivity index (χ4n) is 4.92. The highest BCUT2D eigenvalue weighted by atomic mass is 32.2. The number of ether oxygens (including phenoxy) is 1. The number of nitrogens with zero attached hydrogens (tertiary/aromatic N) is 3. The van der Waals surface area contributed by atoms with Crippen LogP contribution in [0.15, 0.2) is 47.6 Å². The van der Waals surface area contributed by atoms with E-state index in [1.165, 1.54) is 28.1 Å². The second-order valence-electron chi connectivity index (χ2n) is 9.50. The molecule has 0 saturated heterocycles. The molecule has 1 aliphatic rings. The zero-order valence-corrected chi connectivity index (χ0v) is 23.3. The van der Waals surface area contributed by atoms with Crippen molar-refractivity contribution in [3.05, 3.63) is 53.9 Å². The number of aryl methyl sites for hydroxylation is 1. The van der Waals surface area contributed by atoms with Gasteiger partial charge in [0.05, 0.1) is 17.2 Å². The van der Waals surface area contributed by atoms with Crippen LogP contribution in [0.4, 0.5) is 5.69 Å². The number of aromatic nitrogens is 2. The maximum absolute atomic E-state index is 13.5. The third kappa shape index (κ3) is 5.70. The fraction of sp³-hybridized carbons (Fsp3) is 0.444. The first kappa shape index (κ1) is 27.2. The molecule has 0 unspecified atom stereocenters. The zero-order chi connectivity index (χ0) is 26.7. The topological polar surface area (TPSA) is 98.6 Å². The van der Waals surface area contributed by atoms with Crippen LogP contribution in [0, 0.1) is 12.8 Å². The van der Waals surface area contributed by atoms with Crippen molar-refractivity contribution < 1.29 is 22.7 Å². The molecule has 1 fully saturated rings. The smallest absolute Gasteiger partial charge is 0.341 e. The zero-order valence-electron chi connectivity index (χ0n) is 21.6. The van der Waals surface area contributed by atoms with E-state index in [-0.39, 0.29) is 28.3 Å². The third-order valence-electron chi connectivity index (χ3n) is 6.96. The van der Waals surface area contributed by atoms with Crippen molar-refractivity contribution in [2.75, 3.05) is 24.3 Å². The molecule has 0 radical (unpaired) electrons. The molecule has 1 aromatic carbocycles. The summed E-state index contributed by atoms with van der Waals surface area (Å²) in [5.41, 5.74) is 2.17. The molecule has 3 aromatic rings. The Bertz CT molecular complexity index is 1390. The molecule has 2 heterocycles. The maximum Gasteiger partial charge on any atom is 0.341 e. The van der Waals surface area contributed by atoms with Crippen LogP contribution in [0.25, 0.3) is 11.0 Å². The number of carbonyl (C=O) groups excluding carboxylic acids is 2. The number of benzene rings is 1. The van der Waals surface area contributed by atoms with Crippen molar-refractivity contribution in [1.29, 1.82) is 0 Å². The Morgan fingerprint density at radius 3 is 2.43 bits per heavy atom. The van der Waals surface area contributed by atoms with Crippen molar-refractivity contribution in [3.8, 4) is 0 Å². The second-order valence-corrected chi connectivity index (χ2v) is 12.5. The van der Waals surface area contributed by atoms with Gasteiger partial charge in [-0.3, -0.25) is 4.79 Å². The first-order valence-electron chi connectivity index (χ1n) is 12.5. The molecule has 10 heteroatoms. The standard InChI is InChI=1S/C27H33N3O5S2/c1-5-35-27(32)24-16-28-26-23(14-15-30(26)37(33,34)22-12-6-18(2)7-13-22)25(24)29(4)21-10-8-20(9-11-21)17-36-19(3)31/h6-7,12-16,20-21H,5,8-11,17H2,1-4H3/t20-,21-. The minimum absolute atomic E-state index is 0.141. The normalized spacial score (nSPS) is 18.1. The van der Waals surface area contributed by atoms with Crippen LogP contribution in [0.2, 0.25) is 0 Å². The Hall–Kier alpha value is -2.85. The van der Waals surface area contributed by atoms with E-state index in [0.717, 1.165) is 37.0 Å². The molecular formula is C27H33N3O5S2. The van der Waals surface area contributed by atoms with Gasteiger partial charge in [-0.15, -0.1) is 0 Å². The number of pyridine rings is 1. The van der Waals surface area contributed by atoms with Crippen LogP contribution in [-0.2, 0) is 19.6 Å². The molecule has 0 spiro atoms. The average Bonchev–Trinajstić information content (AvgIpc) is 3.32. The van der Waals surface area contributed by atoms with Gasteiger partial charge in [-0.25, -0.2) is 22.2 Å². The minimum Gasteiger partial charge on any atom is -0.462 e. The van der Waals surface area contributed by atoms with Crippen molar-refractivity contribution >= 4 is 49.6 Å². The van der Waals surface area contributed by atoms with Gasteiger partial charge < -0.3 is 9.64 Å². The van der Waals surface area contributed by atoms with Crippen LogP contribution in [0.5, 0.6) is 0 Å². The van der Waals surface area contributed by atoms with Gasteiger partial charge in [-0.2, -0.15) is 0 Å². The lowest BCUT2D eigenvalue weighted by Gasteiger charge is -2.36. The lowest BCUT2D eigenvalue weighted by atomic mass is 9.86. The molecule has 4 rings (SSSR count). The van der Waals surface area contributed by atoms with Crippen LogP contribution >= 0.6 is 11.8 Å². The van der Waals surface area contributed by atoms with E-state index in [0.29, 0.717) is 22.6 Å². The van der Waals surface area contributed by atoms with Gasteiger partial charge >= 0.3 is 5.97 Å². The highest BCUT2D eigenvalue weighted by Crippen LogP contribution is 2.37. The predicted molar refractivity (Wildman–Crippen MR) is 147 cm³/mol. The van der Waals surface area contributed by atoms with Crippen LogP contribution in [0.3, 0.4) is 0 Å². The number of carbonyl (C=O) groups is 2. The number of rotatable bonds is 8. The number of hydrogen-bond donors (Lipinski definition) is 0. The lowest BCUT2D eigenvalue weighted by Crippen LogP contribution is -2.36. The first-order valence-corrected chi connectivity index (χ1v) is 14.9. The molecule has 0 amide bonds. The second kappa shape index (κ2) is 11.3. The lowest BCUT2D eigenvalue weighted by molar-refractivity contribution is -0.109. The van der Waals surface area contributed by atoms with E-state index in [4.69, 9.17) is 4.74 Å². The van der Waals surface area contributed by atoms with Gasteiger partial charge in [0, 0.05) is 43.5 Å². The molecular weight excluding hydrogens is 510 g/mol.